The summed E-state index contributed by atoms with van der Waals surface area (Å²) in [6.07, 6.45) is 5.44. The quantitative estimate of drug-likeness (QED) is 0.723. The Morgan fingerprint density at radius 2 is 1.87 bits per heavy atom. The molecule has 4 saturated carbocycles. The van der Waals surface area contributed by atoms with Crippen LogP contribution >= 0.6 is 0 Å². The van der Waals surface area contributed by atoms with Gasteiger partial charge in [0.25, 0.3) is 5.91 Å². The molecule has 2 N–H and O–H groups in total. The van der Waals surface area contributed by atoms with Gasteiger partial charge in [-0.25, -0.2) is 0 Å². The van der Waals surface area contributed by atoms with E-state index in [9.17, 15) is 14.7 Å². The van der Waals surface area contributed by atoms with Crippen LogP contribution in [0.1, 0.15) is 76.7 Å². The van der Waals surface area contributed by atoms with E-state index in [1.165, 1.54) is 0 Å². The normalized spacial score (nSPS) is 31.1. The highest BCUT2D eigenvalue weighted by molar-refractivity contribution is 6.09. The predicted molar refractivity (Wildman–Crippen MR) is 119 cm³/mol. The molecule has 0 spiro atoms. The maximum atomic E-state index is 13.4. The summed E-state index contributed by atoms with van der Waals surface area (Å²) >= 11 is 0. The minimum atomic E-state index is -0.509. The van der Waals surface area contributed by atoms with Crippen molar-refractivity contribution in [3.8, 4) is 0 Å². The van der Waals surface area contributed by atoms with Gasteiger partial charge in [0.1, 0.15) is 5.69 Å². The summed E-state index contributed by atoms with van der Waals surface area (Å²) in [6, 6.07) is 9.58. The van der Waals surface area contributed by atoms with Crippen molar-refractivity contribution >= 4 is 11.7 Å². The highest BCUT2D eigenvalue weighted by Crippen LogP contribution is 2.55. The third-order valence-electron chi connectivity index (χ3n) is 7.96. The number of amides is 1. The molecule has 1 heterocycles. The Kier molecular flexibility index (Phi) is 4.85. The van der Waals surface area contributed by atoms with E-state index < -0.39 is 5.60 Å². The standard InChI is InChI=1S/C26H32N2O3/c1-4-17-11-21(24(29)18-7-5-6-15(2)8-18)28(3)23(17)25(30)27-22-19-9-16-10-20(22)14-26(31,12-16)13-19/h5-8,11,16,19-20,22,31H,4,9-10,12-14H2,1-3H3,(H,27,30). The fourth-order valence-corrected chi connectivity index (χ4v) is 6.82. The summed E-state index contributed by atoms with van der Waals surface area (Å²) in [4.78, 5) is 26.6. The van der Waals surface area contributed by atoms with Gasteiger partial charge >= 0.3 is 0 Å². The number of carbonyl (C=O) groups excluding carboxylic acids is 2. The smallest absolute Gasteiger partial charge is 0.268 e. The summed E-state index contributed by atoms with van der Waals surface area (Å²) in [5.41, 5.74) is 3.21. The van der Waals surface area contributed by atoms with E-state index in [-0.39, 0.29) is 17.7 Å². The maximum Gasteiger partial charge on any atom is 0.268 e. The Labute approximate surface area is 183 Å². The molecule has 6 rings (SSSR count). The Balaban J connectivity index is 1.41. The van der Waals surface area contributed by atoms with Crippen molar-refractivity contribution in [1.29, 1.82) is 0 Å². The van der Waals surface area contributed by atoms with Crippen molar-refractivity contribution in [3.63, 3.8) is 0 Å². The van der Waals surface area contributed by atoms with Crippen molar-refractivity contribution in [2.24, 2.45) is 24.8 Å². The highest BCUT2D eigenvalue weighted by atomic mass is 16.3. The number of aromatic nitrogens is 1. The van der Waals surface area contributed by atoms with Crippen molar-refractivity contribution in [3.05, 3.63) is 58.4 Å². The lowest BCUT2D eigenvalue weighted by atomic mass is 9.52. The first-order valence-corrected chi connectivity index (χ1v) is 11.6. The predicted octanol–water partition coefficient (Wildman–Crippen LogP) is 3.80. The lowest BCUT2D eigenvalue weighted by Gasteiger charge is -2.58. The lowest BCUT2D eigenvalue weighted by molar-refractivity contribution is -0.137. The van der Waals surface area contributed by atoms with Gasteiger partial charge in [-0.05, 0) is 80.9 Å². The molecule has 0 aliphatic heterocycles. The van der Waals surface area contributed by atoms with Gasteiger partial charge in [0, 0.05) is 18.7 Å². The molecule has 1 amide bonds. The van der Waals surface area contributed by atoms with Crippen LogP contribution in [-0.2, 0) is 13.5 Å². The monoisotopic (exact) mass is 420 g/mol. The number of hydrogen-bond donors (Lipinski definition) is 2. The molecular weight excluding hydrogens is 388 g/mol. The van der Waals surface area contributed by atoms with E-state index in [0.717, 1.165) is 43.2 Å². The summed E-state index contributed by atoms with van der Waals surface area (Å²) in [5, 5.41) is 14.2. The molecular formula is C26H32N2O3. The molecule has 0 radical (unpaired) electrons. The van der Waals surface area contributed by atoms with Gasteiger partial charge in [0.15, 0.2) is 0 Å². The van der Waals surface area contributed by atoms with Crippen LogP contribution in [0.25, 0.3) is 0 Å². The first-order chi connectivity index (χ1) is 14.8. The minimum absolute atomic E-state index is 0.0585. The van der Waals surface area contributed by atoms with E-state index in [2.05, 4.69) is 5.32 Å². The Hall–Kier alpha value is -2.40. The molecule has 4 aliphatic carbocycles. The number of aliphatic hydroxyl groups is 1. The van der Waals surface area contributed by atoms with Crippen LogP contribution < -0.4 is 5.32 Å². The first kappa shape index (κ1) is 20.5. The molecule has 4 fully saturated rings. The number of rotatable bonds is 5. The molecule has 4 aliphatic rings. The molecule has 1 aromatic heterocycles. The third kappa shape index (κ3) is 3.43. The second-order valence-corrected chi connectivity index (χ2v) is 10.2. The minimum Gasteiger partial charge on any atom is -0.390 e. The van der Waals surface area contributed by atoms with E-state index in [1.54, 1.807) is 4.57 Å². The van der Waals surface area contributed by atoms with Crippen LogP contribution in [-0.4, -0.2) is 33.0 Å². The molecule has 2 unspecified atom stereocenters. The van der Waals surface area contributed by atoms with Crippen molar-refractivity contribution in [1.82, 2.24) is 9.88 Å². The van der Waals surface area contributed by atoms with E-state index >= 15 is 0 Å². The van der Waals surface area contributed by atoms with Gasteiger partial charge in [0.05, 0.1) is 11.3 Å². The largest absolute Gasteiger partial charge is 0.390 e. The van der Waals surface area contributed by atoms with Crippen LogP contribution in [0.3, 0.4) is 0 Å². The average Bonchev–Trinajstić information content (AvgIpc) is 3.05. The van der Waals surface area contributed by atoms with Crippen LogP contribution in [0, 0.1) is 24.7 Å². The number of aryl methyl sites for hydroxylation is 2. The zero-order valence-corrected chi connectivity index (χ0v) is 18.6. The molecule has 5 heteroatoms. The van der Waals surface area contributed by atoms with Gasteiger partial charge < -0.3 is 15.0 Å². The van der Waals surface area contributed by atoms with Gasteiger partial charge in [-0.1, -0.05) is 30.7 Å². The van der Waals surface area contributed by atoms with Crippen molar-refractivity contribution < 1.29 is 14.7 Å². The van der Waals surface area contributed by atoms with Gasteiger partial charge in [0.2, 0.25) is 5.78 Å². The summed E-state index contributed by atoms with van der Waals surface area (Å²) in [5.74, 6) is 1.18. The van der Waals surface area contributed by atoms with Gasteiger partial charge in [-0.3, -0.25) is 9.59 Å². The molecule has 164 valence electrons. The third-order valence-corrected chi connectivity index (χ3v) is 7.96. The number of nitrogens with zero attached hydrogens (tertiary/aromatic N) is 1. The van der Waals surface area contributed by atoms with E-state index in [4.69, 9.17) is 0 Å². The van der Waals surface area contributed by atoms with Crippen molar-refractivity contribution in [2.75, 3.05) is 0 Å². The molecule has 5 nitrogen and oxygen atoms in total. The Bertz CT molecular complexity index is 1040. The second-order valence-electron chi connectivity index (χ2n) is 10.2. The van der Waals surface area contributed by atoms with Gasteiger partial charge in [-0.2, -0.15) is 0 Å². The maximum absolute atomic E-state index is 13.4. The molecule has 2 aromatic rings. The highest BCUT2D eigenvalue weighted by Gasteiger charge is 2.55. The van der Waals surface area contributed by atoms with Crippen LogP contribution in [0.15, 0.2) is 30.3 Å². The number of hydrogen-bond acceptors (Lipinski definition) is 3. The van der Waals surface area contributed by atoms with E-state index in [0.29, 0.717) is 41.1 Å². The molecule has 1 aromatic carbocycles. The number of carbonyl (C=O) groups is 2. The van der Waals surface area contributed by atoms with Gasteiger partial charge in [-0.15, -0.1) is 0 Å². The summed E-state index contributed by atoms with van der Waals surface area (Å²) in [6.45, 7) is 3.99. The summed E-state index contributed by atoms with van der Waals surface area (Å²) < 4.78 is 1.77. The van der Waals surface area contributed by atoms with Crippen LogP contribution in [0.4, 0.5) is 0 Å². The second kappa shape index (κ2) is 7.33. The topological polar surface area (TPSA) is 71.3 Å². The Morgan fingerprint density at radius 1 is 1.16 bits per heavy atom. The molecule has 31 heavy (non-hydrogen) atoms. The fourth-order valence-electron chi connectivity index (χ4n) is 6.82. The zero-order chi connectivity index (χ0) is 21.9. The van der Waals surface area contributed by atoms with Crippen molar-refractivity contribution in [2.45, 2.75) is 64.0 Å². The molecule has 2 atom stereocenters. The fraction of sp³-hybridized carbons (Fsp3) is 0.538. The lowest BCUT2D eigenvalue weighted by Crippen LogP contribution is -2.61. The molecule has 0 saturated heterocycles. The van der Waals surface area contributed by atoms with Crippen LogP contribution in [0.2, 0.25) is 0 Å². The molecule has 4 bridgehead atoms. The van der Waals surface area contributed by atoms with E-state index in [1.807, 2.05) is 51.2 Å². The zero-order valence-electron chi connectivity index (χ0n) is 18.6. The number of ketones is 1. The number of nitrogens with one attached hydrogen (secondary N) is 1. The SMILES string of the molecule is CCc1cc(C(=O)c2cccc(C)c2)n(C)c1C(=O)NC1C2CC3CC1CC(O)(C3)C2. The summed E-state index contributed by atoms with van der Waals surface area (Å²) in [7, 11) is 1.82. The van der Waals surface area contributed by atoms with Crippen LogP contribution in [0.5, 0.6) is 0 Å². The average molecular weight is 421 g/mol. The number of benzene rings is 1. The Morgan fingerprint density at radius 3 is 2.48 bits per heavy atom. The first-order valence-electron chi connectivity index (χ1n) is 11.6.